The van der Waals surface area contributed by atoms with Crippen LogP contribution in [0.1, 0.15) is 19.4 Å². The van der Waals surface area contributed by atoms with Gasteiger partial charge in [-0.1, -0.05) is 26.5 Å². The molecule has 0 aliphatic carbocycles. The van der Waals surface area contributed by atoms with Gasteiger partial charge in [-0.05, 0) is 12.1 Å². The standard InChI is InChI=1S/C8H7N.C2H6/c1-2-4-8-5-3-6-9-7-8;1-2/h3-7H,1H2;1-2H3. The lowest BCUT2D eigenvalue weighted by molar-refractivity contribution is 1.32. The molecule has 58 valence electrons. The van der Waals surface area contributed by atoms with Crippen molar-refractivity contribution in [3.63, 3.8) is 0 Å². The second-order valence-corrected chi connectivity index (χ2v) is 1.63. The van der Waals surface area contributed by atoms with E-state index in [2.05, 4.69) is 17.3 Å². The van der Waals surface area contributed by atoms with Crippen molar-refractivity contribution in [2.45, 2.75) is 13.8 Å². The largest absolute Gasteiger partial charge is 0.264 e. The molecule has 0 atom stereocenters. The van der Waals surface area contributed by atoms with E-state index in [4.69, 9.17) is 0 Å². The van der Waals surface area contributed by atoms with Crippen LogP contribution in [0.4, 0.5) is 0 Å². The zero-order chi connectivity index (χ0) is 8.53. The number of pyridine rings is 1. The number of aromatic nitrogens is 1. The van der Waals surface area contributed by atoms with E-state index in [-0.39, 0.29) is 0 Å². The van der Waals surface area contributed by atoms with Crippen LogP contribution in [0.2, 0.25) is 0 Å². The van der Waals surface area contributed by atoms with Crippen molar-refractivity contribution in [3.8, 4) is 0 Å². The fourth-order valence-corrected chi connectivity index (χ4v) is 0.579. The SMILES string of the molecule is C=C=Cc1cccnc1.CC. The summed E-state index contributed by atoms with van der Waals surface area (Å²) < 4.78 is 0. The van der Waals surface area contributed by atoms with Gasteiger partial charge in [0.15, 0.2) is 0 Å². The lowest BCUT2D eigenvalue weighted by Crippen LogP contribution is -1.70. The van der Waals surface area contributed by atoms with Crippen LogP contribution in [0, 0.1) is 0 Å². The Kier molecular flexibility index (Phi) is 5.96. The summed E-state index contributed by atoms with van der Waals surface area (Å²) in [6.07, 6.45) is 5.28. The fourth-order valence-electron chi connectivity index (χ4n) is 0.579. The van der Waals surface area contributed by atoms with Crippen LogP contribution >= 0.6 is 0 Å². The highest BCUT2D eigenvalue weighted by Crippen LogP contribution is 1.95. The number of rotatable bonds is 1. The Balaban J connectivity index is 0.000000461. The zero-order valence-corrected chi connectivity index (χ0v) is 7.04. The first-order chi connectivity index (χ1) is 5.43. The van der Waals surface area contributed by atoms with Crippen molar-refractivity contribution in [2.24, 2.45) is 0 Å². The van der Waals surface area contributed by atoms with E-state index in [1.54, 1.807) is 18.5 Å². The predicted octanol–water partition coefficient (Wildman–Crippen LogP) is 2.91. The molecule has 0 saturated carbocycles. The molecule has 1 aromatic heterocycles. The van der Waals surface area contributed by atoms with Gasteiger partial charge < -0.3 is 0 Å². The molecule has 0 radical (unpaired) electrons. The Hall–Kier alpha value is -1.33. The smallest absolute Gasteiger partial charge is 0.0346 e. The van der Waals surface area contributed by atoms with Crippen molar-refractivity contribution in [3.05, 3.63) is 42.4 Å². The van der Waals surface area contributed by atoms with Gasteiger partial charge in [-0.2, -0.15) is 0 Å². The highest BCUT2D eigenvalue weighted by molar-refractivity contribution is 5.45. The monoisotopic (exact) mass is 147 g/mol. The maximum Gasteiger partial charge on any atom is 0.0346 e. The first kappa shape index (κ1) is 9.67. The van der Waals surface area contributed by atoms with Crippen molar-refractivity contribution < 1.29 is 0 Å². The molecule has 0 aliphatic rings. The van der Waals surface area contributed by atoms with E-state index in [0.29, 0.717) is 0 Å². The van der Waals surface area contributed by atoms with Gasteiger partial charge in [-0.25, -0.2) is 0 Å². The van der Waals surface area contributed by atoms with Gasteiger partial charge in [0.05, 0.1) is 0 Å². The molecular weight excluding hydrogens is 134 g/mol. The molecular formula is C10H13N. The summed E-state index contributed by atoms with van der Waals surface area (Å²) >= 11 is 0. The molecule has 0 N–H and O–H groups in total. The zero-order valence-electron chi connectivity index (χ0n) is 7.04. The van der Waals surface area contributed by atoms with Gasteiger partial charge in [-0.3, -0.25) is 4.98 Å². The van der Waals surface area contributed by atoms with Gasteiger partial charge >= 0.3 is 0 Å². The van der Waals surface area contributed by atoms with E-state index in [1.165, 1.54) is 0 Å². The van der Waals surface area contributed by atoms with Gasteiger partial charge in [0.2, 0.25) is 0 Å². The predicted molar refractivity (Wildman–Crippen MR) is 49.2 cm³/mol. The van der Waals surface area contributed by atoms with Crippen LogP contribution in [0.25, 0.3) is 6.08 Å². The molecule has 0 spiro atoms. The van der Waals surface area contributed by atoms with Crippen LogP contribution in [-0.2, 0) is 0 Å². The second-order valence-electron chi connectivity index (χ2n) is 1.63. The number of hydrogen-bond acceptors (Lipinski definition) is 1. The van der Waals surface area contributed by atoms with Gasteiger partial charge in [-0.15, -0.1) is 5.73 Å². The van der Waals surface area contributed by atoms with Gasteiger partial charge in [0.25, 0.3) is 0 Å². The first-order valence-electron chi connectivity index (χ1n) is 3.69. The highest BCUT2D eigenvalue weighted by atomic mass is 14.6. The van der Waals surface area contributed by atoms with Crippen LogP contribution < -0.4 is 0 Å². The van der Waals surface area contributed by atoms with Crippen LogP contribution in [0.3, 0.4) is 0 Å². The van der Waals surface area contributed by atoms with E-state index in [9.17, 15) is 0 Å². The normalized spacial score (nSPS) is 7.09. The summed E-state index contributed by atoms with van der Waals surface area (Å²) in [4.78, 5) is 3.90. The van der Waals surface area contributed by atoms with Crippen LogP contribution in [0.15, 0.2) is 36.8 Å². The topological polar surface area (TPSA) is 12.9 Å². The molecule has 1 aromatic rings. The van der Waals surface area contributed by atoms with E-state index >= 15 is 0 Å². The maximum absolute atomic E-state index is 3.90. The molecule has 0 aromatic carbocycles. The van der Waals surface area contributed by atoms with Crippen molar-refractivity contribution in [1.29, 1.82) is 0 Å². The summed E-state index contributed by atoms with van der Waals surface area (Å²) in [5, 5.41) is 0. The lowest BCUT2D eigenvalue weighted by Gasteiger charge is -1.84. The van der Waals surface area contributed by atoms with Crippen LogP contribution in [0.5, 0.6) is 0 Å². The molecule has 0 unspecified atom stereocenters. The van der Waals surface area contributed by atoms with E-state index in [0.717, 1.165) is 5.56 Å². The summed E-state index contributed by atoms with van der Waals surface area (Å²) in [7, 11) is 0. The van der Waals surface area contributed by atoms with Crippen molar-refractivity contribution in [2.75, 3.05) is 0 Å². The van der Waals surface area contributed by atoms with E-state index < -0.39 is 0 Å². The molecule has 1 nitrogen and oxygen atoms in total. The highest BCUT2D eigenvalue weighted by Gasteiger charge is 1.78. The third kappa shape index (κ3) is 4.12. The van der Waals surface area contributed by atoms with E-state index in [1.807, 2.05) is 26.0 Å². The average molecular weight is 147 g/mol. The maximum atomic E-state index is 3.90. The summed E-state index contributed by atoms with van der Waals surface area (Å²) in [6.45, 7) is 7.45. The minimum Gasteiger partial charge on any atom is -0.264 e. The van der Waals surface area contributed by atoms with Crippen LogP contribution in [-0.4, -0.2) is 4.98 Å². The summed E-state index contributed by atoms with van der Waals surface area (Å²) in [5.41, 5.74) is 3.70. The second kappa shape index (κ2) is 6.79. The Labute approximate surface area is 68.1 Å². The Morgan fingerprint density at radius 1 is 1.55 bits per heavy atom. The van der Waals surface area contributed by atoms with Crippen molar-refractivity contribution in [1.82, 2.24) is 4.98 Å². The molecule has 1 rings (SSSR count). The molecule has 0 saturated heterocycles. The molecule has 1 heterocycles. The van der Waals surface area contributed by atoms with Gasteiger partial charge in [0, 0.05) is 18.0 Å². The molecule has 0 bridgehead atoms. The van der Waals surface area contributed by atoms with Gasteiger partial charge in [0.1, 0.15) is 0 Å². The lowest BCUT2D eigenvalue weighted by atomic mass is 10.3. The first-order valence-corrected chi connectivity index (χ1v) is 3.69. The van der Waals surface area contributed by atoms with Crippen molar-refractivity contribution >= 4 is 6.08 Å². The quantitative estimate of drug-likeness (QED) is 0.556. The minimum atomic E-state index is 1.03. The third-order valence-corrected chi connectivity index (χ3v) is 0.953. The Morgan fingerprint density at radius 2 is 2.27 bits per heavy atom. The Morgan fingerprint density at radius 3 is 2.73 bits per heavy atom. The fraction of sp³-hybridized carbons (Fsp3) is 0.200. The third-order valence-electron chi connectivity index (χ3n) is 0.953. The molecule has 0 fully saturated rings. The molecule has 11 heavy (non-hydrogen) atoms. The summed E-state index contributed by atoms with van der Waals surface area (Å²) in [6, 6.07) is 3.83. The summed E-state index contributed by atoms with van der Waals surface area (Å²) in [5.74, 6) is 0. The molecule has 0 aliphatic heterocycles. The Bertz CT molecular complexity index is 220. The number of hydrogen-bond donors (Lipinski definition) is 0. The number of nitrogens with zero attached hydrogens (tertiary/aromatic N) is 1. The molecule has 0 amide bonds. The minimum absolute atomic E-state index is 1.03. The average Bonchev–Trinajstić information content (AvgIpc) is 2.11. The molecule has 1 heteroatoms.